The molecule has 1 aliphatic heterocycles. The van der Waals surface area contributed by atoms with E-state index in [0.717, 1.165) is 62.9 Å². The van der Waals surface area contributed by atoms with Gasteiger partial charge in [-0.25, -0.2) is 4.98 Å². The Morgan fingerprint density at radius 2 is 2.27 bits per heavy atom. The quantitative estimate of drug-likeness (QED) is 0.384. The molecule has 1 unspecified atom stereocenters. The number of aromatic nitrogens is 3. The van der Waals surface area contributed by atoms with Gasteiger partial charge in [0.05, 0.1) is 6.26 Å². The van der Waals surface area contributed by atoms with E-state index in [-0.39, 0.29) is 24.0 Å². The molecule has 1 fully saturated rings. The third kappa shape index (κ3) is 5.72. The second kappa shape index (κ2) is 10.5. The van der Waals surface area contributed by atoms with Crippen LogP contribution >= 0.6 is 24.0 Å². The van der Waals surface area contributed by atoms with E-state index in [1.807, 2.05) is 12.1 Å². The van der Waals surface area contributed by atoms with Gasteiger partial charge in [0, 0.05) is 38.0 Å². The fourth-order valence-electron chi connectivity index (χ4n) is 3.06. The molecule has 3 rings (SSSR count). The van der Waals surface area contributed by atoms with E-state index in [2.05, 4.69) is 39.2 Å². The molecular formula is C18H29IN6O. The Labute approximate surface area is 172 Å². The van der Waals surface area contributed by atoms with Crippen LogP contribution in [0.2, 0.25) is 0 Å². The zero-order valence-electron chi connectivity index (χ0n) is 15.5. The number of furan rings is 1. The standard InChI is InChI=1S/C18H28N6O.HI/c1-3-14(2)22-18(19-9-6-16-5-4-12-25-16)24-10-7-15(8-11-24)17-20-13-21-23-17;/h4-5,12-15H,3,6-11H2,1-2H3,(H,19,22)(H,20,21,23);1H. The van der Waals surface area contributed by atoms with E-state index in [4.69, 9.17) is 9.41 Å². The van der Waals surface area contributed by atoms with Crippen LogP contribution < -0.4 is 5.32 Å². The van der Waals surface area contributed by atoms with Gasteiger partial charge in [0.2, 0.25) is 0 Å². The topological polar surface area (TPSA) is 82.3 Å². The fraction of sp³-hybridized carbons (Fsp3) is 0.611. The summed E-state index contributed by atoms with van der Waals surface area (Å²) in [4.78, 5) is 11.5. The van der Waals surface area contributed by atoms with Crippen molar-refractivity contribution in [1.82, 2.24) is 25.4 Å². The number of rotatable bonds is 6. The van der Waals surface area contributed by atoms with Crippen LogP contribution in [0.1, 0.15) is 50.6 Å². The third-order valence-electron chi connectivity index (χ3n) is 4.80. The number of hydrogen-bond acceptors (Lipinski definition) is 4. The van der Waals surface area contributed by atoms with Gasteiger partial charge in [-0.15, -0.1) is 24.0 Å². The summed E-state index contributed by atoms with van der Waals surface area (Å²) in [5.41, 5.74) is 0. The van der Waals surface area contributed by atoms with Crippen LogP contribution in [0.25, 0.3) is 0 Å². The van der Waals surface area contributed by atoms with Gasteiger partial charge in [-0.2, -0.15) is 5.10 Å². The molecule has 1 atom stereocenters. The first kappa shape index (κ1) is 20.7. The lowest BCUT2D eigenvalue weighted by Crippen LogP contribution is -2.48. The highest BCUT2D eigenvalue weighted by Crippen LogP contribution is 2.25. The van der Waals surface area contributed by atoms with E-state index in [9.17, 15) is 0 Å². The zero-order valence-corrected chi connectivity index (χ0v) is 17.8. The highest BCUT2D eigenvalue weighted by molar-refractivity contribution is 14.0. The van der Waals surface area contributed by atoms with Crippen molar-refractivity contribution in [1.29, 1.82) is 0 Å². The van der Waals surface area contributed by atoms with Crippen molar-refractivity contribution in [3.05, 3.63) is 36.3 Å². The Morgan fingerprint density at radius 1 is 1.46 bits per heavy atom. The number of H-pyrrole nitrogens is 1. The Bertz CT molecular complexity index is 635. The molecule has 1 saturated heterocycles. The summed E-state index contributed by atoms with van der Waals surface area (Å²) < 4.78 is 5.40. The highest BCUT2D eigenvalue weighted by atomic mass is 127. The van der Waals surface area contributed by atoms with Gasteiger partial charge in [0.25, 0.3) is 0 Å². The summed E-state index contributed by atoms with van der Waals surface area (Å²) in [5, 5.41) is 10.6. The minimum Gasteiger partial charge on any atom is -0.469 e. The van der Waals surface area contributed by atoms with Gasteiger partial charge in [-0.05, 0) is 38.3 Å². The van der Waals surface area contributed by atoms with E-state index in [1.165, 1.54) is 0 Å². The van der Waals surface area contributed by atoms with E-state index in [1.54, 1.807) is 12.6 Å². The minimum absolute atomic E-state index is 0. The van der Waals surface area contributed by atoms with Crippen molar-refractivity contribution >= 4 is 29.9 Å². The first-order valence-corrected chi connectivity index (χ1v) is 9.19. The van der Waals surface area contributed by atoms with Gasteiger partial charge < -0.3 is 14.6 Å². The van der Waals surface area contributed by atoms with Gasteiger partial charge in [0.15, 0.2) is 5.96 Å². The molecule has 0 amide bonds. The smallest absolute Gasteiger partial charge is 0.194 e. The number of piperidine rings is 1. The average Bonchev–Trinajstić information content (AvgIpc) is 3.35. The third-order valence-corrected chi connectivity index (χ3v) is 4.80. The molecule has 2 aromatic rings. The van der Waals surface area contributed by atoms with Gasteiger partial charge in [-0.1, -0.05) is 6.92 Å². The van der Waals surface area contributed by atoms with Crippen molar-refractivity contribution in [3.63, 3.8) is 0 Å². The molecule has 3 heterocycles. The number of likely N-dealkylation sites (tertiary alicyclic amines) is 1. The molecule has 2 aromatic heterocycles. The Hall–Kier alpha value is -1.58. The number of nitrogens with zero attached hydrogens (tertiary/aromatic N) is 4. The maximum Gasteiger partial charge on any atom is 0.194 e. The van der Waals surface area contributed by atoms with Crippen LogP contribution in [0.4, 0.5) is 0 Å². The van der Waals surface area contributed by atoms with E-state index in [0.29, 0.717) is 12.0 Å². The molecule has 0 bridgehead atoms. The molecule has 0 aliphatic carbocycles. The predicted octanol–water partition coefficient (Wildman–Crippen LogP) is 3.18. The van der Waals surface area contributed by atoms with Crippen molar-refractivity contribution in [3.8, 4) is 0 Å². The molecule has 1 aliphatic rings. The largest absolute Gasteiger partial charge is 0.469 e. The summed E-state index contributed by atoms with van der Waals surface area (Å²) in [5.74, 6) is 3.46. The van der Waals surface area contributed by atoms with Crippen LogP contribution in [0, 0.1) is 0 Å². The molecule has 2 N–H and O–H groups in total. The summed E-state index contributed by atoms with van der Waals surface area (Å²) >= 11 is 0. The number of aromatic amines is 1. The number of aliphatic imine (C=N–C) groups is 1. The van der Waals surface area contributed by atoms with Crippen molar-refractivity contribution in [2.45, 2.75) is 51.5 Å². The molecule has 0 spiro atoms. The lowest BCUT2D eigenvalue weighted by molar-refractivity contribution is 0.295. The monoisotopic (exact) mass is 472 g/mol. The van der Waals surface area contributed by atoms with E-state index >= 15 is 0 Å². The Morgan fingerprint density at radius 3 is 2.88 bits per heavy atom. The normalized spacial score (nSPS) is 17.0. The Kier molecular flexibility index (Phi) is 8.40. The number of halogens is 1. The van der Waals surface area contributed by atoms with Gasteiger partial charge in [-0.3, -0.25) is 10.1 Å². The molecule has 7 nitrogen and oxygen atoms in total. The number of guanidine groups is 1. The van der Waals surface area contributed by atoms with Crippen LogP contribution in [-0.2, 0) is 6.42 Å². The van der Waals surface area contributed by atoms with Gasteiger partial charge in [0.1, 0.15) is 17.9 Å². The van der Waals surface area contributed by atoms with Crippen LogP contribution in [0.5, 0.6) is 0 Å². The summed E-state index contributed by atoms with van der Waals surface area (Å²) in [6.45, 7) is 7.08. The van der Waals surface area contributed by atoms with Crippen LogP contribution in [0.15, 0.2) is 34.1 Å². The summed E-state index contributed by atoms with van der Waals surface area (Å²) in [7, 11) is 0. The first-order chi connectivity index (χ1) is 12.3. The molecule has 144 valence electrons. The lowest BCUT2D eigenvalue weighted by atomic mass is 9.96. The average molecular weight is 472 g/mol. The SMILES string of the molecule is CCC(C)NC(=NCCc1ccco1)N1CCC(c2ncn[nH]2)CC1.I. The lowest BCUT2D eigenvalue weighted by Gasteiger charge is -2.34. The minimum atomic E-state index is 0. The van der Waals surface area contributed by atoms with Crippen molar-refractivity contribution in [2.24, 2.45) is 4.99 Å². The molecule has 0 saturated carbocycles. The van der Waals surface area contributed by atoms with Crippen LogP contribution in [-0.4, -0.2) is 51.7 Å². The van der Waals surface area contributed by atoms with Crippen molar-refractivity contribution in [2.75, 3.05) is 19.6 Å². The van der Waals surface area contributed by atoms with Crippen LogP contribution in [0.3, 0.4) is 0 Å². The molecule has 0 radical (unpaired) electrons. The molecular weight excluding hydrogens is 443 g/mol. The number of hydrogen-bond donors (Lipinski definition) is 2. The first-order valence-electron chi connectivity index (χ1n) is 9.19. The molecule has 26 heavy (non-hydrogen) atoms. The Balaban J connectivity index is 0.00000243. The zero-order chi connectivity index (χ0) is 17.5. The highest BCUT2D eigenvalue weighted by Gasteiger charge is 2.24. The number of nitrogens with one attached hydrogen (secondary N) is 2. The second-order valence-corrected chi connectivity index (χ2v) is 6.62. The molecule has 0 aromatic carbocycles. The second-order valence-electron chi connectivity index (χ2n) is 6.62. The maximum absolute atomic E-state index is 5.40. The predicted molar refractivity (Wildman–Crippen MR) is 113 cm³/mol. The fourth-order valence-corrected chi connectivity index (χ4v) is 3.06. The van der Waals surface area contributed by atoms with Gasteiger partial charge >= 0.3 is 0 Å². The maximum atomic E-state index is 5.40. The van der Waals surface area contributed by atoms with Crippen molar-refractivity contribution < 1.29 is 4.42 Å². The summed E-state index contributed by atoms with van der Waals surface area (Å²) in [6.07, 6.45) is 7.33. The summed E-state index contributed by atoms with van der Waals surface area (Å²) in [6, 6.07) is 4.33. The molecule has 8 heteroatoms. The van der Waals surface area contributed by atoms with E-state index < -0.39 is 0 Å².